The first-order chi connectivity index (χ1) is 12.4. The second-order valence-corrected chi connectivity index (χ2v) is 5.82. The molecule has 0 saturated carbocycles. The molecule has 0 aliphatic carbocycles. The third-order valence-electron chi connectivity index (χ3n) is 3.67. The number of carbonyl (C=O) groups is 2. The summed E-state index contributed by atoms with van der Waals surface area (Å²) in [5.74, 6) is -0.101. The van der Waals surface area contributed by atoms with E-state index in [0.29, 0.717) is 36.6 Å². The van der Waals surface area contributed by atoms with Crippen molar-refractivity contribution in [2.24, 2.45) is 0 Å². The number of carbonyl (C=O) groups excluding carboxylic acids is 2. The molecule has 0 aliphatic rings. The lowest BCUT2D eigenvalue weighted by molar-refractivity contribution is -0.153. The van der Waals surface area contributed by atoms with Crippen LogP contribution in [-0.4, -0.2) is 55.3 Å². The lowest BCUT2D eigenvalue weighted by atomic mass is 10.1. The molecule has 1 unspecified atom stereocenters. The highest BCUT2D eigenvalue weighted by Crippen LogP contribution is 2.31. The van der Waals surface area contributed by atoms with Crippen LogP contribution >= 0.6 is 0 Å². The van der Waals surface area contributed by atoms with Gasteiger partial charge in [-0.3, -0.25) is 4.79 Å². The lowest BCUT2D eigenvalue weighted by Gasteiger charge is -2.18. The summed E-state index contributed by atoms with van der Waals surface area (Å²) in [6.07, 6.45) is 0.0610. The highest BCUT2D eigenvalue weighted by molar-refractivity contribution is 5.78. The fraction of sp³-hybridized carbons (Fsp3) is 0.579. The second-order valence-electron chi connectivity index (χ2n) is 5.82. The van der Waals surface area contributed by atoms with Crippen LogP contribution in [0.1, 0.15) is 45.3 Å². The van der Waals surface area contributed by atoms with Crippen LogP contribution in [0.15, 0.2) is 18.2 Å². The van der Waals surface area contributed by atoms with E-state index in [-0.39, 0.29) is 19.1 Å². The number of esters is 1. The fourth-order valence-corrected chi connectivity index (χ4v) is 1.98. The molecule has 0 fully saturated rings. The van der Waals surface area contributed by atoms with Crippen molar-refractivity contribution in [2.45, 2.75) is 39.7 Å². The molecular weight excluding hydrogens is 338 g/mol. The molecule has 146 valence electrons. The first-order valence-corrected chi connectivity index (χ1v) is 8.92. The number of likely N-dealkylation sites (N-methyl/N-ethyl adjacent to an activating group) is 1. The number of aliphatic hydroxyl groups excluding tert-OH is 1. The Morgan fingerprint density at radius 2 is 1.77 bits per heavy atom. The monoisotopic (exact) mass is 367 g/mol. The SMILES string of the molecule is CCCOC(=O)C(O)c1ccc(OCC(=O)N(C)CC)c(OCCC)c1. The predicted molar refractivity (Wildman–Crippen MR) is 97.2 cm³/mol. The Balaban J connectivity index is 2.91. The normalized spacial score (nSPS) is 11.6. The molecule has 1 aromatic carbocycles. The van der Waals surface area contributed by atoms with Crippen LogP contribution < -0.4 is 9.47 Å². The van der Waals surface area contributed by atoms with Crippen LogP contribution in [0.25, 0.3) is 0 Å². The Kier molecular flexibility index (Phi) is 9.51. The van der Waals surface area contributed by atoms with E-state index in [1.807, 2.05) is 20.8 Å². The Morgan fingerprint density at radius 1 is 1.08 bits per heavy atom. The predicted octanol–water partition coefficient (Wildman–Crippen LogP) is 2.32. The molecule has 1 N–H and O–H groups in total. The number of rotatable bonds is 11. The number of aliphatic hydroxyl groups is 1. The summed E-state index contributed by atoms with van der Waals surface area (Å²) >= 11 is 0. The maximum Gasteiger partial charge on any atom is 0.339 e. The van der Waals surface area contributed by atoms with Crippen LogP contribution in [0.5, 0.6) is 11.5 Å². The molecule has 26 heavy (non-hydrogen) atoms. The van der Waals surface area contributed by atoms with Crippen LogP contribution in [0.2, 0.25) is 0 Å². The number of hydrogen-bond donors (Lipinski definition) is 1. The number of amides is 1. The first kappa shape index (κ1) is 21.8. The van der Waals surface area contributed by atoms with Crippen molar-refractivity contribution in [2.75, 3.05) is 33.4 Å². The minimum atomic E-state index is -1.40. The Labute approximate surface area is 154 Å². The van der Waals surface area contributed by atoms with E-state index in [1.54, 1.807) is 24.1 Å². The van der Waals surface area contributed by atoms with E-state index in [0.717, 1.165) is 6.42 Å². The summed E-state index contributed by atoms with van der Waals surface area (Å²) < 4.78 is 16.2. The average Bonchev–Trinajstić information content (AvgIpc) is 2.67. The zero-order valence-electron chi connectivity index (χ0n) is 16.0. The minimum absolute atomic E-state index is 0.118. The number of ether oxygens (including phenoxy) is 3. The maximum absolute atomic E-state index is 11.9. The summed E-state index contributed by atoms with van der Waals surface area (Å²) in [6, 6.07) is 4.67. The molecule has 0 saturated heterocycles. The molecular formula is C19H29NO6. The molecule has 0 radical (unpaired) electrons. The molecule has 1 aromatic rings. The van der Waals surface area contributed by atoms with E-state index in [1.165, 1.54) is 6.07 Å². The van der Waals surface area contributed by atoms with Gasteiger partial charge in [0.15, 0.2) is 24.2 Å². The molecule has 0 heterocycles. The maximum atomic E-state index is 11.9. The lowest BCUT2D eigenvalue weighted by Crippen LogP contribution is -2.31. The van der Waals surface area contributed by atoms with Gasteiger partial charge < -0.3 is 24.2 Å². The van der Waals surface area contributed by atoms with Gasteiger partial charge in [-0.15, -0.1) is 0 Å². The van der Waals surface area contributed by atoms with Crippen LogP contribution in [0.3, 0.4) is 0 Å². The summed E-state index contributed by atoms with van der Waals surface area (Å²) in [5, 5.41) is 10.1. The van der Waals surface area contributed by atoms with Gasteiger partial charge in [0.1, 0.15) is 0 Å². The largest absolute Gasteiger partial charge is 0.490 e. The van der Waals surface area contributed by atoms with Crippen molar-refractivity contribution < 1.29 is 28.9 Å². The minimum Gasteiger partial charge on any atom is -0.490 e. The van der Waals surface area contributed by atoms with Gasteiger partial charge in [0.25, 0.3) is 5.91 Å². The molecule has 1 rings (SSSR count). The summed E-state index contributed by atoms with van der Waals surface area (Å²) in [4.78, 5) is 25.3. The van der Waals surface area contributed by atoms with Gasteiger partial charge in [-0.25, -0.2) is 4.79 Å². The number of hydrogen-bond acceptors (Lipinski definition) is 6. The Bertz CT molecular complexity index is 589. The van der Waals surface area contributed by atoms with Gasteiger partial charge in [-0.1, -0.05) is 19.9 Å². The summed E-state index contributed by atoms with van der Waals surface area (Å²) in [6.45, 7) is 6.88. The fourth-order valence-electron chi connectivity index (χ4n) is 1.98. The Morgan fingerprint density at radius 3 is 2.38 bits per heavy atom. The molecule has 0 bridgehead atoms. The van der Waals surface area contributed by atoms with Crippen molar-refractivity contribution in [3.63, 3.8) is 0 Å². The van der Waals surface area contributed by atoms with Crippen molar-refractivity contribution in [1.82, 2.24) is 4.90 Å². The van der Waals surface area contributed by atoms with Crippen LogP contribution in [0, 0.1) is 0 Å². The average molecular weight is 367 g/mol. The van der Waals surface area contributed by atoms with Gasteiger partial charge >= 0.3 is 5.97 Å². The molecule has 0 spiro atoms. The van der Waals surface area contributed by atoms with Crippen molar-refractivity contribution >= 4 is 11.9 Å². The van der Waals surface area contributed by atoms with Gasteiger partial charge in [0, 0.05) is 13.6 Å². The van der Waals surface area contributed by atoms with E-state index < -0.39 is 12.1 Å². The first-order valence-electron chi connectivity index (χ1n) is 8.92. The smallest absolute Gasteiger partial charge is 0.339 e. The van der Waals surface area contributed by atoms with E-state index in [4.69, 9.17) is 14.2 Å². The van der Waals surface area contributed by atoms with Crippen molar-refractivity contribution in [1.29, 1.82) is 0 Å². The van der Waals surface area contributed by atoms with E-state index >= 15 is 0 Å². The molecule has 1 amide bonds. The third kappa shape index (κ3) is 6.55. The third-order valence-corrected chi connectivity index (χ3v) is 3.67. The van der Waals surface area contributed by atoms with E-state index in [9.17, 15) is 14.7 Å². The number of nitrogens with zero attached hydrogens (tertiary/aromatic N) is 1. The highest BCUT2D eigenvalue weighted by Gasteiger charge is 2.21. The number of benzene rings is 1. The zero-order chi connectivity index (χ0) is 19.5. The van der Waals surface area contributed by atoms with Crippen LogP contribution in [0.4, 0.5) is 0 Å². The zero-order valence-corrected chi connectivity index (χ0v) is 16.0. The summed E-state index contributed by atoms with van der Waals surface area (Å²) in [5.41, 5.74) is 0.349. The van der Waals surface area contributed by atoms with Gasteiger partial charge in [-0.05, 0) is 37.5 Å². The molecule has 0 aromatic heterocycles. The Hall–Kier alpha value is -2.28. The van der Waals surface area contributed by atoms with Crippen molar-refractivity contribution in [3.05, 3.63) is 23.8 Å². The topological polar surface area (TPSA) is 85.3 Å². The summed E-state index contributed by atoms with van der Waals surface area (Å²) in [7, 11) is 1.70. The van der Waals surface area contributed by atoms with E-state index in [2.05, 4.69) is 0 Å². The van der Waals surface area contributed by atoms with Gasteiger partial charge in [0.05, 0.1) is 13.2 Å². The standard InChI is InChI=1S/C19H29NO6/c1-5-10-24-16-12-14(18(22)19(23)25-11-6-2)8-9-15(16)26-13-17(21)20(4)7-3/h8-9,12,18,22H,5-7,10-11,13H2,1-4H3. The van der Waals surface area contributed by atoms with Gasteiger partial charge in [0.2, 0.25) is 0 Å². The molecule has 1 atom stereocenters. The molecule has 7 heteroatoms. The van der Waals surface area contributed by atoms with Gasteiger partial charge in [-0.2, -0.15) is 0 Å². The second kappa shape index (κ2) is 11.4. The quantitative estimate of drug-likeness (QED) is 0.604. The molecule has 0 aliphatic heterocycles. The van der Waals surface area contributed by atoms with Crippen LogP contribution in [-0.2, 0) is 14.3 Å². The highest BCUT2D eigenvalue weighted by atomic mass is 16.5. The van der Waals surface area contributed by atoms with Crippen molar-refractivity contribution in [3.8, 4) is 11.5 Å². The molecule has 7 nitrogen and oxygen atoms in total.